The van der Waals surface area contributed by atoms with Crippen molar-refractivity contribution in [1.82, 2.24) is 15.0 Å². The van der Waals surface area contributed by atoms with Gasteiger partial charge in [0.1, 0.15) is 6.04 Å². The molecule has 0 N–H and O–H groups in total. The van der Waals surface area contributed by atoms with E-state index in [1.807, 2.05) is 17.0 Å². The third kappa shape index (κ3) is 3.78. The molecule has 1 amide bonds. The van der Waals surface area contributed by atoms with Crippen LogP contribution in [0.2, 0.25) is 5.02 Å². The van der Waals surface area contributed by atoms with Gasteiger partial charge in [0.15, 0.2) is 0 Å². The van der Waals surface area contributed by atoms with E-state index in [4.69, 9.17) is 16.1 Å². The van der Waals surface area contributed by atoms with Crippen LogP contribution in [0.5, 0.6) is 0 Å². The van der Waals surface area contributed by atoms with Crippen LogP contribution in [0.3, 0.4) is 0 Å². The molecule has 1 aromatic carbocycles. The predicted octanol–water partition coefficient (Wildman–Crippen LogP) is 4.63. The fourth-order valence-corrected chi connectivity index (χ4v) is 3.17. The number of carbonyl (C=O) groups is 1. The Hall–Kier alpha value is -1.88. The van der Waals surface area contributed by atoms with Gasteiger partial charge in [-0.2, -0.15) is 4.98 Å². The molecule has 128 valence electrons. The molecule has 0 spiro atoms. The van der Waals surface area contributed by atoms with Gasteiger partial charge < -0.3 is 9.42 Å². The summed E-state index contributed by atoms with van der Waals surface area (Å²) in [7, 11) is 0. The van der Waals surface area contributed by atoms with E-state index >= 15 is 0 Å². The monoisotopic (exact) mass is 347 g/mol. The Kier molecular flexibility index (Phi) is 5.51. The highest BCUT2D eigenvalue weighted by atomic mass is 35.5. The smallest absolute Gasteiger partial charge is 0.249 e. The average molecular weight is 348 g/mol. The van der Waals surface area contributed by atoms with Gasteiger partial charge in [-0.25, -0.2) is 0 Å². The molecule has 0 aliphatic carbocycles. The summed E-state index contributed by atoms with van der Waals surface area (Å²) in [6.07, 6.45) is 5.51. The Morgan fingerprint density at radius 1 is 1.33 bits per heavy atom. The third-order valence-corrected chi connectivity index (χ3v) is 4.65. The second kappa shape index (κ2) is 7.79. The van der Waals surface area contributed by atoms with E-state index in [1.54, 1.807) is 12.1 Å². The van der Waals surface area contributed by atoms with Crippen LogP contribution >= 0.6 is 11.6 Å². The predicted molar refractivity (Wildman–Crippen MR) is 92.6 cm³/mol. The third-order valence-electron chi connectivity index (χ3n) is 4.40. The fourth-order valence-electron chi connectivity index (χ4n) is 3.05. The number of benzene rings is 1. The zero-order valence-corrected chi connectivity index (χ0v) is 14.6. The highest BCUT2D eigenvalue weighted by molar-refractivity contribution is 6.30. The summed E-state index contributed by atoms with van der Waals surface area (Å²) >= 11 is 5.91. The van der Waals surface area contributed by atoms with Gasteiger partial charge in [-0.3, -0.25) is 4.79 Å². The van der Waals surface area contributed by atoms with Crippen LogP contribution in [-0.4, -0.2) is 27.5 Å². The van der Waals surface area contributed by atoms with E-state index in [0.717, 1.165) is 44.2 Å². The number of carbonyl (C=O) groups excluding carboxylic acids is 1. The molecule has 1 unspecified atom stereocenters. The largest absolute Gasteiger partial charge is 0.337 e. The van der Waals surface area contributed by atoms with Crippen LogP contribution in [-0.2, 0) is 4.79 Å². The summed E-state index contributed by atoms with van der Waals surface area (Å²) < 4.78 is 5.49. The molecule has 24 heavy (non-hydrogen) atoms. The second-order valence-corrected chi connectivity index (χ2v) is 6.60. The van der Waals surface area contributed by atoms with Crippen molar-refractivity contribution in [2.45, 2.75) is 51.5 Å². The van der Waals surface area contributed by atoms with E-state index in [2.05, 4.69) is 17.1 Å². The first kappa shape index (κ1) is 17.0. The van der Waals surface area contributed by atoms with E-state index in [0.29, 0.717) is 23.2 Å². The number of piperidine rings is 1. The molecule has 1 saturated heterocycles. The minimum atomic E-state index is -0.100. The molecular formula is C18H22ClN3O2. The number of unbranched alkanes of at least 4 members (excludes halogenated alkanes) is 1. The molecular weight excluding hydrogens is 326 g/mol. The highest BCUT2D eigenvalue weighted by Crippen LogP contribution is 2.32. The lowest BCUT2D eigenvalue weighted by atomic mass is 10.0. The molecule has 1 atom stereocenters. The summed E-state index contributed by atoms with van der Waals surface area (Å²) in [4.78, 5) is 18.9. The fraction of sp³-hybridized carbons (Fsp3) is 0.500. The Labute approximate surface area is 147 Å². The molecule has 5 nitrogen and oxygen atoms in total. The first-order valence-corrected chi connectivity index (χ1v) is 8.96. The molecule has 1 aromatic heterocycles. The van der Waals surface area contributed by atoms with Crippen molar-refractivity contribution in [2.24, 2.45) is 0 Å². The molecule has 0 saturated carbocycles. The minimum Gasteiger partial charge on any atom is -0.337 e. The Balaban J connectivity index is 1.78. The van der Waals surface area contributed by atoms with Gasteiger partial charge in [-0.15, -0.1) is 0 Å². The maximum atomic E-state index is 12.5. The maximum Gasteiger partial charge on any atom is 0.249 e. The quantitative estimate of drug-likeness (QED) is 0.790. The summed E-state index contributed by atoms with van der Waals surface area (Å²) in [6.45, 7) is 2.86. The number of rotatable bonds is 5. The summed E-state index contributed by atoms with van der Waals surface area (Å²) in [6, 6.07) is 7.23. The van der Waals surface area contributed by atoms with Gasteiger partial charge in [0.05, 0.1) is 0 Å². The van der Waals surface area contributed by atoms with Crippen molar-refractivity contribution in [3.63, 3.8) is 0 Å². The van der Waals surface area contributed by atoms with Crippen molar-refractivity contribution in [3.05, 3.63) is 35.2 Å². The zero-order chi connectivity index (χ0) is 16.9. The second-order valence-electron chi connectivity index (χ2n) is 6.17. The zero-order valence-electron chi connectivity index (χ0n) is 13.9. The minimum absolute atomic E-state index is 0.100. The first-order valence-electron chi connectivity index (χ1n) is 8.58. The summed E-state index contributed by atoms with van der Waals surface area (Å²) in [5.41, 5.74) is 0.856. The summed E-state index contributed by atoms with van der Waals surface area (Å²) in [5.74, 6) is 1.26. The van der Waals surface area contributed by atoms with Crippen LogP contribution in [0, 0.1) is 0 Å². The van der Waals surface area contributed by atoms with E-state index < -0.39 is 0 Å². The Morgan fingerprint density at radius 3 is 2.88 bits per heavy atom. The first-order chi connectivity index (χ1) is 11.7. The van der Waals surface area contributed by atoms with Crippen LogP contribution in [0.1, 0.15) is 57.4 Å². The van der Waals surface area contributed by atoms with Crippen molar-refractivity contribution in [3.8, 4) is 11.4 Å². The molecule has 2 aromatic rings. The van der Waals surface area contributed by atoms with Crippen LogP contribution in [0.4, 0.5) is 0 Å². The number of aromatic nitrogens is 2. The molecule has 2 heterocycles. The number of halogens is 1. The van der Waals surface area contributed by atoms with Gasteiger partial charge in [-0.1, -0.05) is 30.1 Å². The van der Waals surface area contributed by atoms with Crippen LogP contribution < -0.4 is 0 Å². The topological polar surface area (TPSA) is 59.2 Å². The van der Waals surface area contributed by atoms with E-state index in [1.165, 1.54) is 0 Å². The molecule has 1 aliphatic rings. The number of hydrogen-bond acceptors (Lipinski definition) is 4. The Bertz CT molecular complexity index is 684. The van der Waals surface area contributed by atoms with Crippen LogP contribution in [0.25, 0.3) is 11.4 Å². The maximum absolute atomic E-state index is 12.5. The lowest BCUT2D eigenvalue weighted by Crippen LogP contribution is -2.38. The van der Waals surface area contributed by atoms with Crippen LogP contribution in [0.15, 0.2) is 28.8 Å². The molecule has 0 radical (unpaired) electrons. The molecule has 6 heteroatoms. The van der Waals surface area contributed by atoms with Gasteiger partial charge in [0.25, 0.3) is 0 Å². The number of hydrogen-bond donors (Lipinski definition) is 0. The normalized spacial score (nSPS) is 17.9. The Morgan fingerprint density at radius 2 is 2.12 bits per heavy atom. The molecule has 1 aliphatic heterocycles. The molecule has 0 bridgehead atoms. The van der Waals surface area contributed by atoms with Gasteiger partial charge in [0.2, 0.25) is 17.6 Å². The lowest BCUT2D eigenvalue weighted by Gasteiger charge is -2.33. The standard InChI is InChI=1S/C18H22ClN3O2/c1-2-3-7-16(23)22-12-5-4-6-15(22)18-20-17(21-24-18)13-8-10-14(19)11-9-13/h8-11,15H,2-7,12H2,1H3. The molecule has 1 fully saturated rings. The highest BCUT2D eigenvalue weighted by Gasteiger charge is 2.31. The summed E-state index contributed by atoms with van der Waals surface area (Å²) in [5, 5.41) is 4.75. The van der Waals surface area contributed by atoms with E-state index in [-0.39, 0.29) is 11.9 Å². The van der Waals surface area contributed by atoms with Crippen molar-refractivity contribution in [1.29, 1.82) is 0 Å². The molecule has 3 rings (SSSR count). The van der Waals surface area contributed by atoms with Gasteiger partial charge >= 0.3 is 0 Å². The lowest BCUT2D eigenvalue weighted by molar-refractivity contribution is -0.135. The SMILES string of the molecule is CCCCC(=O)N1CCCCC1c1nc(-c2ccc(Cl)cc2)no1. The van der Waals surface area contributed by atoms with Crippen molar-refractivity contribution >= 4 is 17.5 Å². The van der Waals surface area contributed by atoms with E-state index in [9.17, 15) is 4.79 Å². The van der Waals surface area contributed by atoms with Crippen molar-refractivity contribution in [2.75, 3.05) is 6.54 Å². The average Bonchev–Trinajstić information content (AvgIpc) is 3.10. The van der Waals surface area contributed by atoms with Gasteiger partial charge in [0, 0.05) is 23.6 Å². The number of amides is 1. The number of nitrogens with zero attached hydrogens (tertiary/aromatic N) is 3. The van der Waals surface area contributed by atoms with Gasteiger partial charge in [-0.05, 0) is 49.9 Å². The number of likely N-dealkylation sites (tertiary alicyclic amines) is 1. The van der Waals surface area contributed by atoms with Crippen molar-refractivity contribution < 1.29 is 9.32 Å².